The number of rotatable bonds is 7. The molecule has 2 rings (SSSR count). The molecule has 0 aromatic heterocycles. The van der Waals surface area contributed by atoms with E-state index in [2.05, 4.69) is 10.2 Å². The zero-order valence-corrected chi connectivity index (χ0v) is 14.0. The molecule has 0 radical (unpaired) electrons. The van der Waals surface area contributed by atoms with Crippen LogP contribution in [-0.2, 0) is 4.74 Å². The van der Waals surface area contributed by atoms with Crippen molar-refractivity contribution in [2.45, 2.75) is 57.5 Å². The molecule has 1 unspecified atom stereocenters. The highest BCUT2D eigenvalue weighted by Crippen LogP contribution is 2.37. The highest BCUT2D eigenvalue weighted by molar-refractivity contribution is 4.92. The molecule has 4 nitrogen and oxygen atoms in total. The molecule has 124 valence electrons. The van der Waals surface area contributed by atoms with Gasteiger partial charge in [0.2, 0.25) is 0 Å². The summed E-state index contributed by atoms with van der Waals surface area (Å²) in [4.78, 5) is 2.49. The van der Waals surface area contributed by atoms with Gasteiger partial charge in [-0.3, -0.25) is 4.90 Å². The summed E-state index contributed by atoms with van der Waals surface area (Å²) in [5.74, 6) is 0. The van der Waals surface area contributed by atoms with Crippen molar-refractivity contribution in [2.24, 2.45) is 5.41 Å². The number of hydrogen-bond donors (Lipinski definition) is 2. The lowest BCUT2D eigenvalue weighted by atomic mass is 9.79. The van der Waals surface area contributed by atoms with Crippen LogP contribution in [0.5, 0.6) is 0 Å². The fraction of sp³-hybridized carbons (Fsp3) is 1.00. The number of hydrogen-bond acceptors (Lipinski definition) is 4. The molecule has 1 saturated carbocycles. The van der Waals surface area contributed by atoms with Gasteiger partial charge in [0, 0.05) is 39.8 Å². The molecule has 2 aliphatic rings. The Hall–Kier alpha value is -0.160. The lowest BCUT2D eigenvalue weighted by Crippen LogP contribution is -2.45. The molecule has 1 aliphatic carbocycles. The van der Waals surface area contributed by atoms with Gasteiger partial charge in [-0.2, -0.15) is 0 Å². The van der Waals surface area contributed by atoms with Crippen LogP contribution in [-0.4, -0.2) is 62.0 Å². The minimum Gasteiger partial charge on any atom is -0.389 e. The Kier molecular flexibility index (Phi) is 6.48. The SMILES string of the molecule is COCCNCC1(CN2CCC(C)(O)C2)CCCCCC1. The first kappa shape index (κ1) is 17.2. The van der Waals surface area contributed by atoms with Crippen LogP contribution < -0.4 is 5.32 Å². The third-order valence-corrected chi connectivity index (χ3v) is 5.24. The zero-order valence-electron chi connectivity index (χ0n) is 14.0. The number of methoxy groups -OCH3 is 1. The Morgan fingerprint density at radius 1 is 1.14 bits per heavy atom. The monoisotopic (exact) mass is 298 g/mol. The van der Waals surface area contributed by atoms with Crippen LogP contribution in [0, 0.1) is 5.41 Å². The number of likely N-dealkylation sites (tertiary alicyclic amines) is 1. The summed E-state index contributed by atoms with van der Waals surface area (Å²) in [5, 5.41) is 13.8. The van der Waals surface area contributed by atoms with Crippen molar-refractivity contribution in [1.82, 2.24) is 10.2 Å². The zero-order chi connectivity index (χ0) is 15.2. The standard InChI is InChI=1S/C17H34N2O2/c1-16(20)9-11-19(14-16)15-17(13-18-10-12-21-2)7-5-3-4-6-8-17/h18,20H,3-15H2,1-2H3. The van der Waals surface area contributed by atoms with E-state index in [1.165, 1.54) is 38.5 Å². The number of aliphatic hydroxyl groups is 1. The normalized spacial score (nSPS) is 30.4. The van der Waals surface area contributed by atoms with Crippen molar-refractivity contribution in [3.8, 4) is 0 Å². The first-order valence-electron chi connectivity index (χ1n) is 8.70. The van der Waals surface area contributed by atoms with E-state index in [0.29, 0.717) is 5.41 Å². The summed E-state index contributed by atoms with van der Waals surface area (Å²) in [7, 11) is 1.76. The van der Waals surface area contributed by atoms with Crippen LogP contribution in [0.4, 0.5) is 0 Å². The average molecular weight is 298 g/mol. The molecule has 0 aromatic carbocycles. The summed E-state index contributed by atoms with van der Waals surface area (Å²) < 4.78 is 5.14. The quantitative estimate of drug-likeness (QED) is 0.557. The second kappa shape index (κ2) is 7.91. The Balaban J connectivity index is 1.91. The van der Waals surface area contributed by atoms with E-state index in [1.807, 2.05) is 6.92 Å². The van der Waals surface area contributed by atoms with Crippen molar-refractivity contribution < 1.29 is 9.84 Å². The van der Waals surface area contributed by atoms with Gasteiger partial charge in [-0.05, 0) is 31.6 Å². The van der Waals surface area contributed by atoms with E-state index in [4.69, 9.17) is 4.74 Å². The largest absolute Gasteiger partial charge is 0.389 e. The number of nitrogens with zero attached hydrogens (tertiary/aromatic N) is 1. The van der Waals surface area contributed by atoms with Gasteiger partial charge in [-0.1, -0.05) is 25.7 Å². The van der Waals surface area contributed by atoms with Crippen molar-refractivity contribution in [3.05, 3.63) is 0 Å². The third-order valence-electron chi connectivity index (χ3n) is 5.24. The van der Waals surface area contributed by atoms with E-state index >= 15 is 0 Å². The van der Waals surface area contributed by atoms with E-state index in [-0.39, 0.29) is 0 Å². The van der Waals surface area contributed by atoms with Gasteiger partial charge in [0.15, 0.2) is 0 Å². The maximum absolute atomic E-state index is 10.2. The van der Waals surface area contributed by atoms with E-state index in [1.54, 1.807) is 7.11 Å². The maximum atomic E-state index is 10.2. The minimum absolute atomic E-state index is 0.394. The molecule has 0 spiro atoms. The topological polar surface area (TPSA) is 44.7 Å². The average Bonchev–Trinajstić information content (AvgIpc) is 2.64. The molecule has 0 aromatic rings. The molecule has 1 aliphatic heterocycles. The van der Waals surface area contributed by atoms with Gasteiger partial charge in [-0.15, -0.1) is 0 Å². The Morgan fingerprint density at radius 2 is 1.86 bits per heavy atom. The summed E-state index contributed by atoms with van der Waals surface area (Å²) in [6, 6.07) is 0. The van der Waals surface area contributed by atoms with Crippen LogP contribution in [0.1, 0.15) is 51.9 Å². The lowest BCUT2D eigenvalue weighted by Gasteiger charge is -2.37. The molecule has 2 fully saturated rings. The fourth-order valence-corrected chi connectivity index (χ4v) is 4.05. The molecule has 4 heteroatoms. The van der Waals surface area contributed by atoms with Crippen molar-refractivity contribution in [2.75, 3.05) is 46.4 Å². The third kappa shape index (κ3) is 5.51. The molecular weight excluding hydrogens is 264 g/mol. The van der Waals surface area contributed by atoms with Gasteiger partial charge in [-0.25, -0.2) is 0 Å². The summed E-state index contributed by atoms with van der Waals surface area (Å²) in [5.41, 5.74) is -0.0833. The molecule has 0 amide bonds. The van der Waals surface area contributed by atoms with Crippen molar-refractivity contribution in [1.29, 1.82) is 0 Å². The summed E-state index contributed by atoms with van der Waals surface area (Å²) in [6.45, 7) is 7.83. The second-order valence-electron chi connectivity index (χ2n) is 7.54. The summed E-state index contributed by atoms with van der Waals surface area (Å²) in [6.07, 6.45) is 9.05. The molecule has 2 N–H and O–H groups in total. The van der Waals surface area contributed by atoms with Gasteiger partial charge < -0.3 is 15.2 Å². The first-order chi connectivity index (χ1) is 10.1. The maximum Gasteiger partial charge on any atom is 0.0758 e. The van der Waals surface area contributed by atoms with Crippen LogP contribution in [0.3, 0.4) is 0 Å². The van der Waals surface area contributed by atoms with Gasteiger partial charge in [0.1, 0.15) is 0 Å². The first-order valence-corrected chi connectivity index (χ1v) is 8.70. The second-order valence-corrected chi connectivity index (χ2v) is 7.54. The molecule has 21 heavy (non-hydrogen) atoms. The van der Waals surface area contributed by atoms with Crippen LogP contribution in [0.15, 0.2) is 0 Å². The molecule has 1 heterocycles. The highest BCUT2D eigenvalue weighted by atomic mass is 16.5. The predicted molar refractivity (Wildman–Crippen MR) is 86.6 cm³/mol. The van der Waals surface area contributed by atoms with Gasteiger partial charge >= 0.3 is 0 Å². The van der Waals surface area contributed by atoms with Crippen molar-refractivity contribution >= 4 is 0 Å². The predicted octanol–water partition coefficient (Wildman–Crippen LogP) is 2.02. The Morgan fingerprint density at radius 3 is 2.43 bits per heavy atom. The van der Waals surface area contributed by atoms with E-state index < -0.39 is 5.60 Å². The Labute approximate surface area is 130 Å². The molecular formula is C17H34N2O2. The minimum atomic E-state index is -0.477. The number of β-amino-alcohol motifs (C(OH)–C–C–N with tert-alkyl or cyclic N) is 1. The molecule has 1 saturated heterocycles. The smallest absolute Gasteiger partial charge is 0.0758 e. The van der Waals surface area contributed by atoms with Crippen molar-refractivity contribution in [3.63, 3.8) is 0 Å². The van der Waals surface area contributed by atoms with E-state index in [0.717, 1.165) is 45.8 Å². The highest BCUT2D eigenvalue weighted by Gasteiger charge is 2.38. The number of ether oxygens (including phenoxy) is 1. The van der Waals surface area contributed by atoms with Crippen LogP contribution >= 0.6 is 0 Å². The Bertz CT molecular complexity index is 299. The summed E-state index contributed by atoms with van der Waals surface area (Å²) >= 11 is 0. The van der Waals surface area contributed by atoms with Crippen LogP contribution in [0.2, 0.25) is 0 Å². The fourth-order valence-electron chi connectivity index (χ4n) is 4.05. The molecule has 0 bridgehead atoms. The lowest BCUT2D eigenvalue weighted by molar-refractivity contribution is 0.0578. The van der Waals surface area contributed by atoms with Gasteiger partial charge in [0.25, 0.3) is 0 Å². The van der Waals surface area contributed by atoms with Gasteiger partial charge in [0.05, 0.1) is 12.2 Å². The molecule has 1 atom stereocenters. The van der Waals surface area contributed by atoms with E-state index in [9.17, 15) is 5.11 Å². The van der Waals surface area contributed by atoms with Crippen LogP contribution in [0.25, 0.3) is 0 Å². The number of nitrogens with one attached hydrogen (secondary N) is 1.